The van der Waals surface area contributed by atoms with Crippen LogP contribution in [0.3, 0.4) is 0 Å². The molecule has 3 saturated heterocycles. The van der Waals surface area contributed by atoms with Gasteiger partial charge in [-0.3, -0.25) is 9.80 Å². The lowest BCUT2D eigenvalue weighted by atomic mass is 9.77. The first kappa shape index (κ1) is 30.8. The van der Waals surface area contributed by atoms with E-state index < -0.39 is 24.3 Å². The van der Waals surface area contributed by atoms with Crippen LogP contribution in [0.5, 0.6) is 0 Å². The number of benzene rings is 1. The van der Waals surface area contributed by atoms with E-state index in [4.69, 9.17) is 24.5 Å². The summed E-state index contributed by atoms with van der Waals surface area (Å²) in [5, 5.41) is 14.2. The fourth-order valence-electron chi connectivity index (χ4n) is 4.58. The number of carbonyl (C=O) groups is 2. The Hall–Kier alpha value is -2.45. The van der Waals surface area contributed by atoms with Gasteiger partial charge >= 0.3 is 24.3 Å². The molecule has 210 valence electrons. The average molecular weight is 546 g/mol. The second-order valence-electron chi connectivity index (χ2n) is 9.25. The molecule has 3 aliphatic rings. The summed E-state index contributed by atoms with van der Waals surface area (Å²) in [6, 6.07) is 7.70. The van der Waals surface area contributed by atoms with Crippen molar-refractivity contribution in [2.45, 2.75) is 50.6 Å². The molecule has 3 heterocycles. The Kier molecular flexibility index (Phi) is 10.7. The van der Waals surface area contributed by atoms with Crippen molar-refractivity contribution in [3.63, 3.8) is 0 Å². The number of rotatable bonds is 3. The van der Waals surface area contributed by atoms with E-state index in [1.807, 2.05) is 12.1 Å². The molecule has 3 aliphatic heterocycles. The van der Waals surface area contributed by atoms with Crippen LogP contribution in [0.2, 0.25) is 0 Å². The summed E-state index contributed by atoms with van der Waals surface area (Å²) in [4.78, 5) is 23.0. The summed E-state index contributed by atoms with van der Waals surface area (Å²) in [6.45, 7) is 7.55. The number of hydrogen-bond donors (Lipinski definition) is 2. The molecule has 0 amide bonds. The van der Waals surface area contributed by atoms with Crippen molar-refractivity contribution in [3.05, 3.63) is 35.6 Å². The number of aliphatic carboxylic acids is 2. The molecule has 4 rings (SSSR count). The molecular weight excluding hydrogens is 517 g/mol. The lowest BCUT2D eigenvalue weighted by Crippen LogP contribution is -2.42. The van der Waals surface area contributed by atoms with Gasteiger partial charge in [0.1, 0.15) is 5.82 Å². The van der Waals surface area contributed by atoms with Crippen LogP contribution in [-0.4, -0.2) is 89.7 Å². The third kappa shape index (κ3) is 10.1. The lowest BCUT2D eigenvalue weighted by Gasteiger charge is -2.40. The SMILES string of the molecule is Fc1cccc(CN2CCC3(CC2)CCN(C2CCOC2)C3)c1.O=C(O)C(F)(F)F.O=C(O)C(F)(F)F. The zero-order chi connectivity index (χ0) is 27.9. The van der Waals surface area contributed by atoms with Crippen molar-refractivity contribution < 1.29 is 55.3 Å². The van der Waals surface area contributed by atoms with Gasteiger partial charge in [0.05, 0.1) is 6.61 Å². The topological polar surface area (TPSA) is 90.3 Å². The minimum absolute atomic E-state index is 0.124. The van der Waals surface area contributed by atoms with Gasteiger partial charge in [-0.15, -0.1) is 0 Å². The quantitative estimate of drug-likeness (QED) is 0.551. The van der Waals surface area contributed by atoms with Gasteiger partial charge in [0.2, 0.25) is 0 Å². The highest BCUT2D eigenvalue weighted by Crippen LogP contribution is 2.41. The van der Waals surface area contributed by atoms with Crippen molar-refractivity contribution in [2.24, 2.45) is 5.41 Å². The van der Waals surface area contributed by atoms with Gasteiger partial charge in [-0.05, 0) is 68.4 Å². The van der Waals surface area contributed by atoms with E-state index in [2.05, 4.69) is 9.80 Å². The van der Waals surface area contributed by atoms with E-state index in [9.17, 15) is 30.7 Å². The molecule has 7 nitrogen and oxygen atoms in total. The highest BCUT2D eigenvalue weighted by molar-refractivity contribution is 5.73. The number of carboxylic acid groups (broad SMARTS) is 2. The third-order valence-corrected chi connectivity index (χ3v) is 6.59. The first-order chi connectivity index (χ1) is 17.1. The minimum atomic E-state index is -5.08. The number of alkyl halides is 6. The van der Waals surface area contributed by atoms with Crippen LogP contribution < -0.4 is 0 Å². The molecule has 1 aromatic carbocycles. The third-order valence-electron chi connectivity index (χ3n) is 6.59. The predicted molar refractivity (Wildman–Crippen MR) is 116 cm³/mol. The Balaban J connectivity index is 0.000000286. The van der Waals surface area contributed by atoms with Gasteiger partial charge in [0, 0.05) is 25.7 Å². The van der Waals surface area contributed by atoms with E-state index in [0.717, 1.165) is 38.4 Å². The van der Waals surface area contributed by atoms with Gasteiger partial charge in [-0.2, -0.15) is 26.3 Å². The molecule has 0 aromatic heterocycles. The molecular formula is C23H29F7N2O5. The largest absolute Gasteiger partial charge is 0.490 e. The van der Waals surface area contributed by atoms with Crippen LogP contribution in [0.15, 0.2) is 24.3 Å². The minimum Gasteiger partial charge on any atom is -0.475 e. The maximum atomic E-state index is 13.3. The van der Waals surface area contributed by atoms with Gasteiger partial charge in [-0.25, -0.2) is 14.0 Å². The number of carboxylic acids is 2. The van der Waals surface area contributed by atoms with Crippen LogP contribution in [0.4, 0.5) is 30.7 Å². The van der Waals surface area contributed by atoms with Gasteiger partial charge in [-0.1, -0.05) is 12.1 Å². The van der Waals surface area contributed by atoms with Crippen LogP contribution >= 0.6 is 0 Å². The van der Waals surface area contributed by atoms with Crippen LogP contribution in [-0.2, 0) is 20.9 Å². The normalized spacial score (nSPS) is 22.1. The second kappa shape index (κ2) is 12.9. The molecule has 0 saturated carbocycles. The van der Waals surface area contributed by atoms with Crippen molar-refractivity contribution in [1.29, 1.82) is 0 Å². The van der Waals surface area contributed by atoms with Crippen LogP contribution in [0, 0.1) is 11.2 Å². The molecule has 0 radical (unpaired) electrons. The maximum Gasteiger partial charge on any atom is 0.490 e. The second-order valence-corrected chi connectivity index (χ2v) is 9.25. The number of halogens is 7. The summed E-state index contributed by atoms with van der Waals surface area (Å²) in [5.41, 5.74) is 1.62. The number of hydrogen-bond acceptors (Lipinski definition) is 5. The van der Waals surface area contributed by atoms with E-state index >= 15 is 0 Å². The maximum absolute atomic E-state index is 13.3. The lowest BCUT2D eigenvalue weighted by molar-refractivity contribution is -0.193. The Morgan fingerprint density at radius 3 is 1.97 bits per heavy atom. The number of likely N-dealkylation sites (tertiary alicyclic amines) is 2. The molecule has 0 bridgehead atoms. The zero-order valence-corrected chi connectivity index (χ0v) is 19.8. The molecule has 37 heavy (non-hydrogen) atoms. The number of ether oxygens (including phenoxy) is 1. The van der Waals surface area contributed by atoms with E-state index in [1.165, 1.54) is 44.8 Å². The molecule has 1 spiro atoms. The number of nitrogens with zero attached hydrogens (tertiary/aromatic N) is 2. The predicted octanol–water partition coefficient (Wildman–Crippen LogP) is 4.17. The zero-order valence-electron chi connectivity index (χ0n) is 19.8. The first-order valence-electron chi connectivity index (χ1n) is 11.5. The molecule has 0 aliphatic carbocycles. The molecule has 1 atom stereocenters. The first-order valence-corrected chi connectivity index (χ1v) is 11.5. The fraction of sp³-hybridized carbons (Fsp3) is 0.652. The van der Waals surface area contributed by atoms with Gasteiger partial charge < -0.3 is 14.9 Å². The van der Waals surface area contributed by atoms with Crippen molar-refractivity contribution in [2.75, 3.05) is 39.4 Å². The van der Waals surface area contributed by atoms with Gasteiger partial charge in [0.25, 0.3) is 0 Å². The van der Waals surface area contributed by atoms with E-state index in [1.54, 1.807) is 6.07 Å². The standard InChI is InChI=1S/C19H27FN2O.2C2HF3O2/c20-17-3-1-2-16(12-17)13-21-8-5-19(6-9-21)7-10-22(15-19)18-4-11-23-14-18;2*3-2(4,5)1(6)7/h1-3,12,18H,4-11,13-15H2;2*(H,6,7). The Bertz CT molecular complexity index is 872. The monoisotopic (exact) mass is 546 g/mol. The van der Waals surface area contributed by atoms with Gasteiger partial charge in [0.15, 0.2) is 0 Å². The Labute approximate surface area is 208 Å². The Morgan fingerprint density at radius 2 is 1.51 bits per heavy atom. The summed E-state index contributed by atoms with van der Waals surface area (Å²) >= 11 is 0. The summed E-state index contributed by atoms with van der Waals surface area (Å²) in [5.74, 6) is -5.64. The summed E-state index contributed by atoms with van der Waals surface area (Å²) in [6.07, 6.45) is -5.04. The smallest absolute Gasteiger partial charge is 0.475 e. The summed E-state index contributed by atoms with van der Waals surface area (Å²) < 4.78 is 82.3. The highest BCUT2D eigenvalue weighted by atomic mass is 19.4. The van der Waals surface area contributed by atoms with Crippen LogP contribution in [0.1, 0.15) is 31.2 Å². The van der Waals surface area contributed by atoms with Crippen LogP contribution in [0.25, 0.3) is 0 Å². The number of piperidine rings is 1. The molecule has 1 unspecified atom stereocenters. The Morgan fingerprint density at radius 1 is 0.973 bits per heavy atom. The van der Waals surface area contributed by atoms with E-state index in [0.29, 0.717) is 11.5 Å². The van der Waals surface area contributed by atoms with Crippen molar-refractivity contribution in [1.82, 2.24) is 9.80 Å². The van der Waals surface area contributed by atoms with Crippen molar-refractivity contribution in [3.8, 4) is 0 Å². The average Bonchev–Trinajstić information content (AvgIpc) is 3.46. The molecule has 1 aromatic rings. The molecule has 14 heteroatoms. The fourth-order valence-corrected chi connectivity index (χ4v) is 4.58. The van der Waals surface area contributed by atoms with Crippen molar-refractivity contribution >= 4 is 11.9 Å². The molecule has 2 N–H and O–H groups in total. The molecule has 3 fully saturated rings. The highest BCUT2D eigenvalue weighted by Gasteiger charge is 2.43. The van der Waals surface area contributed by atoms with E-state index in [-0.39, 0.29) is 5.82 Å². The summed E-state index contributed by atoms with van der Waals surface area (Å²) in [7, 11) is 0.